The van der Waals surface area contributed by atoms with Gasteiger partial charge in [0.1, 0.15) is 5.82 Å². The lowest BCUT2D eigenvalue weighted by atomic mass is 9.93. The van der Waals surface area contributed by atoms with Gasteiger partial charge in [0.2, 0.25) is 0 Å². The zero-order valence-corrected chi connectivity index (χ0v) is 16.0. The number of hydrogen-bond acceptors (Lipinski definition) is 4. The molecular formula is C22H23FN2OS. The maximum absolute atomic E-state index is 14.5. The number of nitrogens with zero attached hydrogens (tertiary/aromatic N) is 2. The second-order valence-corrected chi connectivity index (χ2v) is 8.00. The number of piperidine rings is 1. The number of benzene rings is 1. The average Bonchev–Trinajstić information content (AvgIpc) is 3.52. The summed E-state index contributed by atoms with van der Waals surface area (Å²) >= 11 is 4.74. The highest BCUT2D eigenvalue weighted by Gasteiger charge is 2.40. The van der Waals surface area contributed by atoms with Gasteiger partial charge in [0.25, 0.3) is 0 Å². The van der Waals surface area contributed by atoms with Crippen molar-refractivity contribution in [1.82, 2.24) is 9.88 Å². The van der Waals surface area contributed by atoms with Crippen molar-refractivity contribution in [3.05, 3.63) is 71.3 Å². The summed E-state index contributed by atoms with van der Waals surface area (Å²) in [6.07, 6.45) is 8.33. The molecule has 4 rings (SSSR count). The Hall–Kier alpha value is -1.98. The Morgan fingerprint density at radius 3 is 2.63 bits per heavy atom. The molecule has 1 aliphatic carbocycles. The maximum atomic E-state index is 14.5. The van der Waals surface area contributed by atoms with Crippen molar-refractivity contribution in [3.63, 3.8) is 0 Å². The predicted octanol–water partition coefficient (Wildman–Crippen LogP) is 4.33. The lowest BCUT2D eigenvalue weighted by molar-refractivity contribution is -0.126. The normalized spacial score (nSPS) is 23.3. The second kappa shape index (κ2) is 7.95. The summed E-state index contributed by atoms with van der Waals surface area (Å²) in [5.74, 6) is -0.0684. The fourth-order valence-corrected chi connectivity index (χ4v) is 4.02. The zero-order chi connectivity index (χ0) is 18.8. The van der Waals surface area contributed by atoms with Crippen molar-refractivity contribution in [3.8, 4) is 0 Å². The molecule has 0 amide bonds. The number of Topliss-reactive ketones (excluding diaryl/α,β-unsaturated/α-hetero) is 1. The molecule has 5 heteroatoms. The van der Waals surface area contributed by atoms with Gasteiger partial charge in [-0.15, -0.1) is 0 Å². The van der Waals surface area contributed by atoms with Crippen molar-refractivity contribution in [1.29, 1.82) is 0 Å². The van der Waals surface area contributed by atoms with Crippen LogP contribution in [-0.4, -0.2) is 34.0 Å². The van der Waals surface area contributed by atoms with Gasteiger partial charge in [-0.05, 0) is 48.6 Å². The Labute approximate surface area is 164 Å². The van der Waals surface area contributed by atoms with Gasteiger partial charge in [0.05, 0.1) is 6.04 Å². The van der Waals surface area contributed by atoms with Crippen molar-refractivity contribution in [2.45, 2.75) is 30.6 Å². The van der Waals surface area contributed by atoms with Crippen LogP contribution in [0.25, 0.3) is 6.08 Å². The second-order valence-electron chi connectivity index (χ2n) is 7.38. The van der Waals surface area contributed by atoms with Gasteiger partial charge in [-0.25, -0.2) is 4.39 Å². The number of hydrogen-bond donors (Lipinski definition) is 1. The third kappa shape index (κ3) is 4.14. The molecule has 2 atom stereocenters. The lowest BCUT2D eigenvalue weighted by Crippen LogP contribution is -2.42. The molecule has 1 aromatic heterocycles. The molecule has 2 heterocycles. The Balaban J connectivity index is 1.65. The van der Waals surface area contributed by atoms with E-state index in [-0.39, 0.29) is 22.8 Å². The van der Waals surface area contributed by atoms with E-state index in [9.17, 15) is 9.18 Å². The van der Waals surface area contributed by atoms with E-state index in [1.54, 1.807) is 24.5 Å². The highest BCUT2D eigenvalue weighted by Crippen LogP contribution is 2.39. The van der Waals surface area contributed by atoms with Crippen LogP contribution in [0.4, 0.5) is 4.39 Å². The smallest absolute Gasteiger partial charge is 0.157 e. The Kier molecular flexibility index (Phi) is 5.41. The number of carbonyl (C=O) groups excluding carboxylic acids is 1. The SMILES string of the molecule is O=C(C1CC1)C(c1ccccc1F)N1CCC(S)/C(=C\c2ccncc2)C1. The Bertz CT molecular complexity index is 850. The molecule has 0 bridgehead atoms. The Morgan fingerprint density at radius 2 is 1.93 bits per heavy atom. The summed E-state index contributed by atoms with van der Waals surface area (Å²) in [5.41, 5.74) is 2.72. The van der Waals surface area contributed by atoms with E-state index in [2.05, 4.69) is 16.0 Å². The monoisotopic (exact) mass is 382 g/mol. The fraction of sp³-hybridized carbons (Fsp3) is 0.364. The van der Waals surface area contributed by atoms with Crippen LogP contribution in [0.15, 0.2) is 54.4 Å². The van der Waals surface area contributed by atoms with Crippen molar-refractivity contribution >= 4 is 24.5 Å². The standard InChI is InChI=1S/C22H23FN2OS/c23-19-4-2-1-3-18(19)21(22(26)16-5-6-16)25-12-9-20(27)17(14-25)13-15-7-10-24-11-8-15/h1-4,7-8,10-11,13,16,20-21,27H,5-6,9,12,14H2/b17-13-. The summed E-state index contributed by atoms with van der Waals surface area (Å²) in [5, 5.41) is 0.145. The van der Waals surface area contributed by atoms with E-state index in [4.69, 9.17) is 12.6 Å². The summed E-state index contributed by atoms with van der Waals surface area (Å²) in [7, 11) is 0. The van der Waals surface area contributed by atoms with Crippen molar-refractivity contribution in [2.75, 3.05) is 13.1 Å². The van der Waals surface area contributed by atoms with Crippen molar-refractivity contribution in [2.24, 2.45) is 5.92 Å². The molecule has 2 aromatic rings. The van der Waals surface area contributed by atoms with Gasteiger partial charge in [-0.1, -0.05) is 24.3 Å². The zero-order valence-electron chi connectivity index (χ0n) is 15.1. The number of likely N-dealkylation sites (tertiary alicyclic amines) is 1. The molecule has 140 valence electrons. The largest absolute Gasteiger partial charge is 0.297 e. The first-order valence-corrected chi connectivity index (χ1v) is 9.96. The molecule has 2 unspecified atom stereocenters. The molecule has 1 saturated heterocycles. The highest BCUT2D eigenvalue weighted by molar-refractivity contribution is 7.81. The molecule has 1 saturated carbocycles. The third-order valence-corrected chi connectivity index (χ3v) is 5.97. The molecule has 3 nitrogen and oxygen atoms in total. The van der Waals surface area contributed by atoms with E-state index in [1.807, 2.05) is 18.2 Å². The van der Waals surface area contributed by atoms with E-state index in [1.165, 1.54) is 6.07 Å². The Morgan fingerprint density at radius 1 is 1.19 bits per heavy atom. The molecule has 1 aliphatic heterocycles. The highest BCUT2D eigenvalue weighted by atomic mass is 32.1. The number of rotatable bonds is 5. The lowest BCUT2D eigenvalue weighted by Gasteiger charge is -2.37. The summed E-state index contributed by atoms with van der Waals surface area (Å²) in [6.45, 7) is 1.35. The number of halogens is 1. The topological polar surface area (TPSA) is 33.2 Å². The van der Waals surface area contributed by atoms with E-state index < -0.39 is 6.04 Å². The van der Waals surface area contributed by atoms with Gasteiger partial charge >= 0.3 is 0 Å². The summed E-state index contributed by atoms with van der Waals surface area (Å²) < 4.78 is 14.5. The van der Waals surface area contributed by atoms with Crippen molar-refractivity contribution < 1.29 is 9.18 Å². The van der Waals surface area contributed by atoms with Crippen LogP contribution in [-0.2, 0) is 4.79 Å². The van der Waals surface area contributed by atoms with Crippen LogP contribution < -0.4 is 0 Å². The molecular weight excluding hydrogens is 359 g/mol. The molecule has 2 aliphatic rings. The fourth-order valence-electron chi connectivity index (χ4n) is 3.75. The molecule has 1 aromatic carbocycles. The predicted molar refractivity (Wildman–Crippen MR) is 108 cm³/mol. The third-order valence-electron chi connectivity index (χ3n) is 5.38. The van der Waals surface area contributed by atoms with Crippen LogP contribution >= 0.6 is 12.6 Å². The van der Waals surface area contributed by atoms with Crippen LogP contribution in [0.1, 0.15) is 36.4 Å². The van der Waals surface area contributed by atoms with Gasteiger partial charge in [0, 0.05) is 42.2 Å². The number of pyridine rings is 1. The first-order valence-electron chi connectivity index (χ1n) is 9.44. The van der Waals surface area contributed by atoms with E-state index in [0.29, 0.717) is 12.1 Å². The first-order chi connectivity index (χ1) is 13.1. The molecule has 0 radical (unpaired) electrons. The van der Waals surface area contributed by atoms with E-state index in [0.717, 1.165) is 36.9 Å². The van der Waals surface area contributed by atoms with Crippen LogP contribution in [0, 0.1) is 11.7 Å². The van der Waals surface area contributed by atoms with Gasteiger partial charge in [-0.3, -0.25) is 14.7 Å². The molecule has 27 heavy (non-hydrogen) atoms. The molecule has 2 fully saturated rings. The summed E-state index contributed by atoms with van der Waals surface area (Å²) in [4.78, 5) is 19.2. The average molecular weight is 383 g/mol. The molecule has 0 N–H and O–H groups in total. The number of ketones is 1. The number of thiol groups is 1. The maximum Gasteiger partial charge on any atom is 0.157 e. The van der Waals surface area contributed by atoms with Crippen LogP contribution in [0.2, 0.25) is 0 Å². The van der Waals surface area contributed by atoms with E-state index >= 15 is 0 Å². The number of aromatic nitrogens is 1. The van der Waals surface area contributed by atoms with Crippen LogP contribution in [0.3, 0.4) is 0 Å². The first kappa shape index (κ1) is 18.4. The number of carbonyl (C=O) groups is 1. The van der Waals surface area contributed by atoms with Gasteiger partial charge in [0.15, 0.2) is 5.78 Å². The minimum Gasteiger partial charge on any atom is -0.297 e. The summed E-state index contributed by atoms with van der Waals surface area (Å²) in [6, 6.07) is 10.1. The minimum atomic E-state index is -0.514. The quantitative estimate of drug-likeness (QED) is 0.782. The van der Waals surface area contributed by atoms with Gasteiger partial charge in [-0.2, -0.15) is 12.6 Å². The minimum absolute atomic E-state index is 0.0796. The van der Waals surface area contributed by atoms with Crippen LogP contribution in [0.5, 0.6) is 0 Å². The molecule has 0 spiro atoms. The van der Waals surface area contributed by atoms with Gasteiger partial charge < -0.3 is 0 Å².